The molecule has 0 unspecified atom stereocenters. The van der Waals surface area contributed by atoms with E-state index in [1.807, 2.05) is 0 Å². The maximum atomic E-state index is 5.91. The third kappa shape index (κ3) is 3.00. The van der Waals surface area contributed by atoms with Crippen molar-refractivity contribution < 1.29 is 9.47 Å². The van der Waals surface area contributed by atoms with Crippen molar-refractivity contribution in [3.05, 3.63) is 58.5 Å². The molecule has 0 N–H and O–H groups in total. The number of benzene rings is 1. The molecule has 135 valence electrons. The fraction of sp³-hybridized carbons (Fsp3) is 0.522. The highest BCUT2D eigenvalue weighted by molar-refractivity contribution is 5.88. The van der Waals surface area contributed by atoms with Gasteiger partial charge < -0.3 is 9.47 Å². The van der Waals surface area contributed by atoms with Crippen molar-refractivity contribution >= 4 is 5.57 Å². The molecule has 2 heteroatoms. The summed E-state index contributed by atoms with van der Waals surface area (Å²) in [6, 6.07) is 6.86. The number of ether oxygens (including phenoxy) is 2. The monoisotopic (exact) mass is 339 g/mol. The summed E-state index contributed by atoms with van der Waals surface area (Å²) < 4.78 is 11.8. The van der Waals surface area contributed by atoms with Crippen molar-refractivity contribution in [3.63, 3.8) is 0 Å². The van der Waals surface area contributed by atoms with Crippen molar-refractivity contribution in [3.8, 4) is 0 Å². The van der Waals surface area contributed by atoms with Gasteiger partial charge in [-0.15, -0.1) is 0 Å². The Balaban J connectivity index is 2.14. The van der Waals surface area contributed by atoms with Crippen LogP contribution in [0.15, 0.2) is 35.4 Å². The van der Waals surface area contributed by atoms with Crippen molar-refractivity contribution in [1.82, 2.24) is 0 Å². The van der Waals surface area contributed by atoms with Crippen LogP contribution >= 0.6 is 0 Å². The highest BCUT2D eigenvalue weighted by Crippen LogP contribution is 2.51. The Hall–Kier alpha value is -1.38. The summed E-state index contributed by atoms with van der Waals surface area (Å²) in [7, 11) is 3.49. The molecular formula is C23H31O2. The average molecular weight is 339 g/mol. The van der Waals surface area contributed by atoms with Gasteiger partial charge in [0.1, 0.15) is 0 Å². The molecule has 0 heterocycles. The van der Waals surface area contributed by atoms with E-state index >= 15 is 0 Å². The first-order valence-electron chi connectivity index (χ1n) is 9.07. The molecule has 0 amide bonds. The van der Waals surface area contributed by atoms with Gasteiger partial charge >= 0.3 is 0 Å². The molecule has 2 aliphatic carbocycles. The Morgan fingerprint density at radius 1 is 0.920 bits per heavy atom. The van der Waals surface area contributed by atoms with Gasteiger partial charge in [-0.3, -0.25) is 0 Å². The van der Waals surface area contributed by atoms with Crippen molar-refractivity contribution in [2.45, 2.75) is 59.2 Å². The van der Waals surface area contributed by atoms with Crippen LogP contribution in [0.25, 0.3) is 5.57 Å². The second-order valence-corrected chi connectivity index (χ2v) is 9.28. The fourth-order valence-corrected chi connectivity index (χ4v) is 3.97. The number of hydrogen-bond acceptors (Lipinski definition) is 2. The maximum Gasteiger partial charge on any atom is 0.194 e. The molecule has 0 aromatic heterocycles. The zero-order valence-electron chi connectivity index (χ0n) is 16.9. The van der Waals surface area contributed by atoms with Gasteiger partial charge in [-0.25, -0.2) is 0 Å². The molecule has 0 fully saturated rings. The average Bonchev–Trinajstić information content (AvgIpc) is 2.88. The number of hydrogen-bond donors (Lipinski definition) is 0. The lowest BCUT2D eigenvalue weighted by Gasteiger charge is -2.42. The van der Waals surface area contributed by atoms with E-state index in [0.29, 0.717) is 0 Å². The smallest absolute Gasteiger partial charge is 0.194 e. The Morgan fingerprint density at radius 3 is 2.08 bits per heavy atom. The molecule has 0 saturated carbocycles. The quantitative estimate of drug-likeness (QED) is 0.646. The fourth-order valence-electron chi connectivity index (χ4n) is 3.97. The Bertz CT molecular complexity index is 747. The summed E-state index contributed by atoms with van der Waals surface area (Å²) in [6.07, 6.45) is 5.35. The summed E-state index contributed by atoms with van der Waals surface area (Å²) in [5.74, 6) is -0.678. The van der Waals surface area contributed by atoms with E-state index in [9.17, 15) is 0 Å². The molecule has 0 bridgehead atoms. The summed E-state index contributed by atoms with van der Waals surface area (Å²) in [5.41, 5.74) is 7.95. The number of allylic oxidation sites excluding steroid dienone is 2. The van der Waals surface area contributed by atoms with E-state index in [-0.39, 0.29) is 10.8 Å². The molecule has 2 nitrogen and oxygen atoms in total. The molecule has 1 radical (unpaired) electrons. The van der Waals surface area contributed by atoms with E-state index in [4.69, 9.17) is 9.47 Å². The summed E-state index contributed by atoms with van der Waals surface area (Å²) in [6.45, 7) is 13.5. The number of rotatable bonds is 2. The topological polar surface area (TPSA) is 18.5 Å². The van der Waals surface area contributed by atoms with Crippen LogP contribution < -0.4 is 0 Å². The van der Waals surface area contributed by atoms with Crippen LogP contribution in [-0.2, 0) is 14.9 Å². The van der Waals surface area contributed by atoms with E-state index in [2.05, 4.69) is 72.2 Å². The highest BCUT2D eigenvalue weighted by Gasteiger charge is 2.45. The van der Waals surface area contributed by atoms with Crippen LogP contribution in [0.1, 0.15) is 64.7 Å². The van der Waals surface area contributed by atoms with Gasteiger partial charge in [0.2, 0.25) is 0 Å². The molecule has 2 aliphatic rings. The third-order valence-electron chi connectivity index (χ3n) is 5.47. The third-order valence-corrected chi connectivity index (χ3v) is 5.47. The highest BCUT2D eigenvalue weighted by atomic mass is 16.7. The Labute approximate surface area is 152 Å². The molecule has 3 rings (SSSR count). The van der Waals surface area contributed by atoms with Crippen LogP contribution in [0.3, 0.4) is 0 Å². The first-order chi connectivity index (χ1) is 11.5. The van der Waals surface area contributed by atoms with Crippen LogP contribution in [-0.4, -0.2) is 20.0 Å². The van der Waals surface area contributed by atoms with Gasteiger partial charge in [0.25, 0.3) is 0 Å². The minimum Gasteiger partial charge on any atom is -0.349 e. The first kappa shape index (κ1) is 18.4. The Kier molecular flexibility index (Phi) is 4.29. The normalized spacial score (nSPS) is 19.6. The van der Waals surface area contributed by atoms with E-state index < -0.39 is 5.79 Å². The van der Waals surface area contributed by atoms with Gasteiger partial charge in [0.15, 0.2) is 5.79 Å². The van der Waals surface area contributed by atoms with Crippen LogP contribution in [0.4, 0.5) is 0 Å². The molecule has 1 aromatic carbocycles. The van der Waals surface area contributed by atoms with Crippen molar-refractivity contribution in [1.29, 1.82) is 0 Å². The predicted molar refractivity (Wildman–Crippen MR) is 104 cm³/mol. The van der Waals surface area contributed by atoms with Gasteiger partial charge in [-0.1, -0.05) is 59.7 Å². The molecule has 25 heavy (non-hydrogen) atoms. The Morgan fingerprint density at radius 2 is 1.56 bits per heavy atom. The zero-order valence-corrected chi connectivity index (χ0v) is 16.9. The van der Waals surface area contributed by atoms with Crippen molar-refractivity contribution in [2.24, 2.45) is 5.41 Å². The minimum absolute atomic E-state index is 0.0328. The lowest BCUT2D eigenvalue weighted by atomic mass is 9.74. The molecular weight excluding hydrogens is 308 g/mol. The van der Waals surface area contributed by atoms with Crippen LogP contribution in [0.5, 0.6) is 0 Å². The second-order valence-electron chi connectivity index (χ2n) is 9.28. The van der Waals surface area contributed by atoms with Crippen LogP contribution in [0.2, 0.25) is 0 Å². The van der Waals surface area contributed by atoms with Gasteiger partial charge in [-0.2, -0.15) is 0 Å². The van der Waals surface area contributed by atoms with E-state index in [1.165, 1.54) is 33.4 Å². The molecule has 0 saturated heterocycles. The lowest BCUT2D eigenvalue weighted by Crippen LogP contribution is -2.42. The van der Waals surface area contributed by atoms with Crippen molar-refractivity contribution in [2.75, 3.05) is 14.2 Å². The van der Waals surface area contributed by atoms with Gasteiger partial charge in [0, 0.05) is 27.1 Å². The molecule has 0 spiro atoms. The second kappa shape index (κ2) is 5.82. The summed E-state index contributed by atoms with van der Waals surface area (Å²) in [4.78, 5) is 0. The molecule has 0 aliphatic heterocycles. The van der Waals surface area contributed by atoms with Gasteiger partial charge in [-0.05, 0) is 50.3 Å². The first-order valence-corrected chi connectivity index (χ1v) is 9.07. The van der Waals surface area contributed by atoms with E-state index in [0.717, 1.165) is 6.42 Å². The number of methoxy groups -OCH3 is 2. The molecule has 0 atom stereocenters. The minimum atomic E-state index is -0.678. The lowest BCUT2D eigenvalue weighted by molar-refractivity contribution is -0.185. The zero-order chi connectivity index (χ0) is 18.6. The largest absolute Gasteiger partial charge is 0.349 e. The maximum absolute atomic E-state index is 5.91. The van der Waals surface area contributed by atoms with Gasteiger partial charge in [0.05, 0.1) is 0 Å². The summed E-state index contributed by atoms with van der Waals surface area (Å²) in [5, 5.41) is 0. The SMILES string of the molecule is COC1(OC)CC2=C(C=C1C(C)(C)C)c1cc(C(C)(C)C)ccc1[CH]2. The van der Waals surface area contributed by atoms with E-state index in [1.54, 1.807) is 14.2 Å². The predicted octanol–water partition coefficient (Wildman–Crippen LogP) is 5.67. The van der Waals surface area contributed by atoms with Crippen LogP contribution in [0, 0.1) is 11.8 Å². The molecule has 1 aromatic rings. The number of fused-ring (bicyclic) bond motifs is 2. The standard InChI is InChI=1S/C23H31O2/c1-21(2,3)17-10-9-15-11-16-14-23(24-7,25-8)20(22(4,5)6)13-19(16)18(15)12-17/h9-13H,14H2,1-8H3. The summed E-state index contributed by atoms with van der Waals surface area (Å²) >= 11 is 0.